The molecule has 4 fully saturated rings. The number of halogens is 1. The smallest absolute Gasteiger partial charge is 0.309 e. The Balaban J connectivity index is 1.26. The maximum absolute atomic E-state index is 14.3. The summed E-state index contributed by atoms with van der Waals surface area (Å²) in [5.74, 6) is 0.00261. The average molecular weight is 810 g/mol. The number of Topliss-reactive ketones (excluding diaryl/α,β-unsaturated/α-hetero) is 1. The van der Waals surface area contributed by atoms with Crippen molar-refractivity contribution in [1.29, 1.82) is 0 Å². The molecular weight excluding hydrogens is 736 g/mol. The molecule has 0 bridgehead atoms. The van der Waals surface area contributed by atoms with Crippen LogP contribution in [0, 0.1) is 56.2 Å². The number of nitrogens with zero attached hydrogens (tertiary/aromatic N) is 2. The Morgan fingerprint density at radius 3 is 2.23 bits per heavy atom. The number of hydrogen-bond acceptors (Lipinski definition) is 7. The van der Waals surface area contributed by atoms with Gasteiger partial charge in [-0.05, 0) is 155 Å². The van der Waals surface area contributed by atoms with Gasteiger partial charge in [-0.25, -0.2) is 0 Å². The molecule has 9 heteroatoms. The summed E-state index contributed by atoms with van der Waals surface area (Å²) >= 11 is 6.42. The number of carboxylic acids is 1. The van der Waals surface area contributed by atoms with Gasteiger partial charge in [0.2, 0.25) is 0 Å². The normalized spacial score (nSPS) is 35.5. The van der Waals surface area contributed by atoms with Crippen LogP contribution in [0.15, 0.2) is 29.3 Å². The van der Waals surface area contributed by atoms with Crippen molar-refractivity contribution in [2.24, 2.45) is 56.2 Å². The molecule has 0 saturated heterocycles. The van der Waals surface area contributed by atoms with Gasteiger partial charge in [0.1, 0.15) is 6.10 Å². The molecule has 2 N–H and O–H groups in total. The van der Waals surface area contributed by atoms with Crippen LogP contribution in [0.25, 0.3) is 0 Å². The lowest BCUT2D eigenvalue weighted by atomic mass is 9.33. The van der Waals surface area contributed by atoms with Gasteiger partial charge < -0.3 is 19.8 Å². The lowest BCUT2D eigenvalue weighted by Gasteiger charge is -2.72. The zero-order valence-electron chi connectivity index (χ0n) is 37.2. The fourth-order valence-electron chi connectivity index (χ4n) is 14.0. The van der Waals surface area contributed by atoms with Crippen molar-refractivity contribution in [3.8, 4) is 0 Å². The number of rotatable bonds is 12. The zero-order valence-corrected chi connectivity index (χ0v) is 37.9. The Morgan fingerprint density at radius 2 is 1.60 bits per heavy atom. The molecule has 0 heterocycles. The number of carbonyl (C=O) groups is 3. The molecule has 57 heavy (non-hydrogen) atoms. The Labute approximate surface area is 348 Å². The lowest BCUT2D eigenvalue weighted by molar-refractivity contribution is -0.235. The Morgan fingerprint density at radius 1 is 0.912 bits per heavy atom. The predicted molar refractivity (Wildman–Crippen MR) is 227 cm³/mol. The number of esters is 1. The number of ketones is 1. The molecule has 0 aromatic heterocycles. The second-order valence-electron chi connectivity index (χ2n) is 21.9. The Bertz CT molecular complexity index is 1780. The summed E-state index contributed by atoms with van der Waals surface area (Å²) < 4.78 is 6.19. The fraction of sp³-hybridized carbons (Fsp3) is 0.771. The summed E-state index contributed by atoms with van der Waals surface area (Å²) in [5, 5.41) is 22.9. The van der Waals surface area contributed by atoms with Gasteiger partial charge in [0, 0.05) is 41.9 Å². The summed E-state index contributed by atoms with van der Waals surface area (Å²) in [6, 6.07) is 6.10. The van der Waals surface area contributed by atoms with E-state index in [0.717, 1.165) is 68.5 Å². The first-order chi connectivity index (χ1) is 26.3. The summed E-state index contributed by atoms with van der Waals surface area (Å²) in [6.45, 7) is 21.7. The summed E-state index contributed by atoms with van der Waals surface area (Å²) in [4.78, 5) is 43.6. The summed E-state index contributed by atoms with van der Waals surface area (Å²) in [6.07, 6.45) is 7.13. The van der Waals surface area contributed by atoms with E-state index in [1.165, 1.54) is 16.7 Å². The molecule has 4 saturated carbocycles. The van der Waals surface area contributed by atoms with Crippen molar-refractivity contribution < 1.29 is 29.3 Å². The van der Waals surface area contributed by atoms with Crippen molar-refractivity contribution in [1.82, 2.24) is 9.80 Å². The third-order valence-corrected chi connectivity index (χ3v) is 17.3. The predicted octanol–water partition coefficient (Wildman–Crippen LogP) is 9.59. The van der Waals surface area contributed by atoms with E-state index in [9.17, 15) is 24.6 Å². The lowest BCUT2D eigenvalue weighted by Crippen LogP contribution is -2.66. The van der Waals surface area contributed by atoms with Crippen LogP contribution in [0.3, 0.4) is 0 Å². The van der Waals surface area contributed by atoms with Gasteiger partial charge in [-0.2, -0.15) is 0 Å². The van der Waals surface area contributed by atoms with E-state index in [-0.39, 0.29) is 51.8 Å². The highest BCUT2D eigenvalue weighted by Gasteiger charge is 2.70. The molecule has 8 nitrogen and oxygen atoms in total. The second-order valence-corrected chi connectivity index (χ2v) is 22.4. The fourth-order valence-corrected chi connectivity index (χ4v) is 14.2. The highest BCUT2D eigenvalue weighted by molar-refractivity contribution is 6.30. The quantitative estimate of drug-likeness (QED) is 0.201. The number of ether oxygens (including phenoxy) is 1. The number of fused-ring (bicyclic) bond motifs is 7. The van der Waals surface area contributed by atoms with E-state index in [1.807, 2.05) is 12.1 Å². The first-order valence-electron chi connectivity index (χ1n) is 21.8. The highest BCUT2D eigenvalue weighted by Crippen LogP contribution is 2.77. The van der Waals surface area contributed by atoms with Gasteiger partial charge in [0.05, 0.1) is 17.9 Å². The van der Waals surface area contributed by atoms with Crippen LogP contribution in [-0.2, 0) is 32.2 Å². The number of aliphatic hydroxyl groups excluding tert-OH is 1. The molecule has 1 aromatic rings. The molecule has 0 amide bonds. The number of aliphatic carboxylic acids is 1. The molecule has 0 radical (unpaired) electrons. The largest absolute Gasteiger partial charge is 0.481 e. The van der Waals surface area contributed by atoms with Crippen LogP contribution < -0.4 is 0 Å². The first kappa shape index (κ1) is 44.3. The van der Waals surface area contributed by atoms with E-state index in [1.54, 1.807) is 13.8 Å². The monoisotopic (exact) mass is 809 g/mol. The summed E-state index contributed by atoms with van der Waals surface area (Å²) in [5.41, 5.74) is 2.77. The van der Waals surface area contributed by atoms with E-state index in [0.29, 0.717) is 31.3 Å². The number of likely N-dealkylation sites (N-methyl/N-ethyl adjacent to an activating group) is 1. The number of carbonyl (C=O) groups excluding carboxylic acids is 2. The molecule has 318 valence electrons. The minimum absolute atomic E-state index is 0.0284. The topological polar surface area (TPSA) is 107 Å². The van der Waals surface area contributed by atoms with Crippen LogP contribution >= 0.6 is 11.6 Å². The SMILES string of the molecule is CC(C)C1=C2C3CCC4C5(C)CCC(OC(=O)CC(C)(C)C(=O)O)C(C)(C)C5CCC4(C)C3(C)CCC2(C(O)CN(C)Cc2ccc(Cl)cc2CN(C)C)CC1=O. The molecule has 5 aliphatic carbocycles. The molecule has 5 aliphatic rings. The Kier molecular flexibility index (Phi) is 11.9. The van der Waals surface area contributed by atoms with Crippen molar-refractivity contribution >= 4 is 29.3 Å². The van der Waals surface area contributed by atoms with E-state index in [2.05, 4.69) is 85.5 Å². The van der Waals surface area contributed by atoms with Crippen LogP contribution in [0.2, 0.25) is 5.02 Å². The molecule has 0 spiro atoms. The third kappa shape index (κ3) is 7.37. The first-order valence-corrected chi connectivity index (χ1v) is 22.2. The van der Waals surface area contributed by atoms with Crippen molar-refractivity contribution in [2.75, 3.05) is 27.7 Å². The van der Waals surface area contributed by atoms with Gasteiger partial charge in [0.15, 0.2) is 5.78 Å². The van der Waals surface area contributed by atoms with Gasteiger partial charge in [-0.1, -0.05) is 71.7 Å². The van der Waals surface area contributed by atoms with Crippen LogP contribution in [0.4, 0.5) is 0 Å². The molecule has 6 rings (SSSR count). The Hall–Kier alpha value is -2.26. The highest BCUT2D eigenvalue weighted by atomic mass is 35.5. The standard InChI is InChI=1S/C48H73ClN2O6/c1-29(2)40-34(52)24-48(37(53)28-51(12)27-30-13-14-32(49)23-31(30)26-50(10)11)22-21-46(8)33(41(40)48)15-16-36-45(7)19-18-38(57-39(54)25-43(3,4)42(55)56)44(5,6)35(45)17-20-47(36,46)9/h13-14,23,29,33,35-38,53H,15-22,24-28H2,1-12H3,(H,55,56). The number of benzene rings is 1. The maximum Gasteiger partial charge on any atom is 0.309 e. The molecule has 9 atom stereocenters. The molecule has 0 aliphatic heterocycles. The van der Waals surface area contributed by atoms with Crippen molar-refractivity contribution in [3.05, 3.63) is 45.5 Å². The van der Waals surface area contributed by atoms with Gasteiger partial charge >= 0.3 is 11.9 Å². The molecular formula is C48H73ClN2O6. The van der Waals surface area contributed by atoms with E-state index >= 15 is 0 Å². The minimum atomic E-state index is -1.17. The minimum Gasteiger partial charge on any atom is -0.481 e. The number of carboxylic acid groups (broad SMARTS) is 1. The van der Waals surface area contributed by atoms with E-state index < -0.39 is 28.9 Å². The number of hydrogen-bond donors (Lipinski definition) is 2. The zero-order chi connectivity index (χ0) is 42.3. The van der Waals surface area contributed by atoms with Crippen molar-refractivity contribution in [2.45, 2.75) is 152 Å². The maximum atomic E-state index is 14.3. The van der Waals surface area contributed by atoms with Crippen LogP contribution in [0.5, 0.6) is 0 Å². The van der Waals surface area contributed by atoms with E-state index in [4.69, 9.17) is 16.3 Å². The van der Waals surface area contributed by atoms with Crippen molar-refractivity contribution in [3.63, 3.8) is 0 Å². The van der Waals surface area contributed by atoms with Gasteiger partial charge in [0.25, 0.3) is 0 Å². The van der Waals surface area contributed by atoms with Crippen LogP contribution in [-0.4, -0.2) is 77.6 Å². The number of aliphatic hydroxyl groups is 1. The summed E-state index contributed by atoms with van der Waals surface area (Å²) in [7, 11) is 6.21. The molecule has 9 unspecified atom stereocenters. The second kappa shape index (κ2) is 15.3. The molecule has 1 aromatic carbocycles. The average Bonchev–Trinajstić information content (AvgIpc) is 3.40. The number of allylic oxidation sites excluding steroid dienone is 1. The third-order valence-electron chi connectivity index (χ3n) is 17.1. The van der Waals surface area contributed by atoms with Gasteiger partial charge in [-0.3, -0.25) is 19.3 Å². The van der Waals surface area contributed by atoms with Gasteiger partial charge in [-0.15, -0.1) is 0 Å². The van der Waals surface area contributed by atoms with Crippen LogP contribution in [0.1, 0.15) is 138 Å².